The average molecular weight is 393 g/mol. The van der Waals surface area contributed by atoms with E-state index in [0.717, 1.165) is 19.3 Å². The van der Waals surface area contributed by atoms with Gasteiger partial charge in [0.1, 0.15) is 0 Å². The van der Waals surface area contributed by atoms with Gasteiger partial charge in [0.15, 0.2) is 5.79 Å². The number of esters is 1. The first-order chi connectivity index (χ1) is 12.9. The number of unbranched alkanes of at least 4 members (excludes halogenated alkanes) is 1. The van der Waals surface area contributed by atoms with E-state index >= 15 is 0 Å². The van der Waals surface area contributed by atoms with Crippen LogP contribution in [0.5, 0.6) is 0 Å². The molecular weight excluding hydrogens is 368 g/mol. The second-order valence-electron chi connectivity index (χ2n) is 8.62. The number of halogens is 1. The summed E-state index contributed by atoms with van der Waals surface area (Å²) in [5, 5.41) is 11.2. The first kappa shape index (κ1) is 17.9. The molecule has 2 saturated heterocycles. The highest BCUT2D eigenvalue weighted by Gasteiger charge is 2.80. The van der Waals surface area contributed by atoms with Gasteiger partial charge in [-0.3, -0.25) is 0 Å². The molecule has 1 aromatic carbocycles. The molecule has 1 N–H and O–H groups in total. The van der Waals surface area contributed by atoms with Gasteiger partial charge in [-0.1, -0.05) is 31.0 Å². The van der Waals surface area contributed by atoms with Crippen LogP contribution in [-0.2, 0) is 14.2 Å². The van der Waals surface area contributed by atoms with Crippen LogP contribution in [-0.4, -0.2) is 34.9 Å². The second kappa shape index (κ2) is 5.93. The molecule has 5 rings (SSSR count). The minimum atomic E-state index is -1.05. The maximum absolute atomic E-state index is 13.0. The molecule has 27 heavy (non-hydrogen) atoms. The first-order valence-corrected chi connectivity index (χ1v) is 10.3. The van der Waals surface area contributed by atoms with E-state index in [4.69, 9.17) is 25.8 Å². The van der Waals surface area contributed by atoms with Gasteiger partial charge in [0.2, 0.25) is 5.79 Å². The number of hydrogen-bond acceptors (Lipinski definition) is 5. The summed E-state index contributed by atoms with van der Waals surface area (Å²) in [7, 11) is 0. The molecule has 2 aliphatic heterocycles. The van der Waals surface area contributed by atoms with E-state index in [1.807, 2.05) is 6.92 Å². The molecule has 8 atom stereocenters. The van der Waals surface area contributed by atoms with Crippen LogP contribution in [0.4, 0.5) is 0 Å². The van der Waals surface area contributed by atoms with E-state index in [1.54, 1.807) is 24.3 Å². The number of benzene rings is 1. The summed E-state index contributed by atoms with van der Waals surface area (Å²) in [6.07, 6.45) is 2.72. The second-order valence-corrected chi connectivity index (χ2v) is 9.06. The Morgan fingerprint density at radius 3 is 2.93 bits per heavy atom. The fraction of sp³-hybridized carbons (Fsp3) is 0.667. The summed E-state index contributed by atoms with van der Waals surface area (Å²) in [6.45, 7) is 4.05. The van der Waals surface area contributed by atoms with Gasteiger partial charge in [0.25, 0.3) is 0 Å². The molecule has 2 aliphatic carbocycles. The number of rotatable bonds is 5. The Morgan fingerprint density at radius 1 is 1.37 bits per heavy atom. The molecule has 0 aromatic heterocycles. The minimum Gasteiger partial charge on any atom is -0.429 e. The van der Waals surface area contributed by atoms with Crippen molar-refractivity contribution in [3.05, 3.63) is 34.9 Å². The molecule has 0 radical (unpaired) electrons. The summed E-state index contributed by atoms with van der Waals surface area (Å²) in [5.41, 5.74) is 0.409. The molecule has 0 unspecified atom stereocenters. The Balaban J connectivity index is 1.51. The largest absolute Gasteiger partial charge is 0.429 e. The number of ether oxygens (including phenoxy) is 3. The Kier molecular flexibility index (Phi) is 3.94. The third-order valence-corrected chi connectivity index (χ3v) is 7.35. The Hall–Kier alpha value is -1.14. The van der Waals surface area contributed by atoms with E-state index < -0.39 is 23.6 Å². The predicted molar refractivity (Wildman–Crippen MR) is 98.1 cm³/mol. The number of hydrogen-bond donors (Lipinski definition) is 1. The quantitative estimate of drug-likeness (QED) is 0.772. The molecule has 5 nitrogen and oxygen atoms in total. The van der Waals surface area contributed by atoms with E-state index in [9.17, 15) is 9.90 Å². The molecule has 146 valence electrons. The van der Waals surface area contributed by atoms with Gasteiger partial charge in [-0.25, -0.2) is 4.79 Å². The van der Waals surface area contributed by atoms with Crippen molar-refractivity contribution >= 4 is 17.6 Å². The lowest BCUT2D eigenvalue weighted by Gasteiger charge is -2.41. The van der Waals surface area contributed by atoms with Crippen molar-refractivity contribution in [2.75, 3.05) is 0 Å². The molecule has 2 bridgehead atoms. The Morgan fingerprint density at radius 2 is 2.19 bits per heavy atom. The number of aliphatic hydroxyl groups excluding tert-OH is 1. The van der Waals surface area contributed by atoms with Crippen LogP contribution < -0.4 is 0 Å². The van der Waals surface area contributed by atoms with Gasteiger partial charge in [-0.05, 0) is 49.8 Å². The maximum atomic E-state index is 13.0. The average Bonchev–Trinajstić information content (AvgIpc) is 3.29. The summed E-state index contributed by atoms with van der Waals surface area (Å²) >= 11 is 6.04. The van der Waals surface area contributed by atoms with Gasteiger partial charge < -0.3 is 19.3 Å². The van der Waals surface area contributed by atoms with Gasteiger partial charge in [0.05, 0.1) is 17.8 Å². The lowest BCUT2D eigenvalue weighted by atomic mass is 9.72. The smallest absolute Gasteiger partial charge is 0.340 e. The number of fused-ring (bicyclic) bond motifs is 2. The molecule has 4 fully saturated rings. The van der Waals surface area contributed by atoms with E-state index in [-0.39, 0.29) is 29.8 Å². The third-order valence-electron chi connectivity index (χ3n) is 7.11. The van der Waals surface area contributed by atoms with Crippen LogP contribution >= 0.6 is 11.6 Å². The van der Waals surface area contributed by atoms with E-state index in [1.165, 1.54) is 0 Å². The van der Waals surface area contributed by atoms with Crippen LogP contribution in [0.2, 0.25) is 5.02 Å². The molecule has 0 amide bonds. The van der Waals surface area contributed by atoms with Crippen LogP contribution in [0, 0.1) is 23.7 Å². The van der Waals surface area contributed by atoms with Crippen molar-refractivity contribution in [2.45, 2.75) is 63.3 Å². The standard InChI is InChI=1S/C21H25ClO5/c1-3-4-8-21(26-19(24)11-6-5-7-12(22)9-11)16-13-10-14-15(16)20(2,27-21)25-18(14)17(13)23/h5-7,9,13-18,23H,3-4,8,10H2,1-2H3/t13-,14+,15+,16-,17-,18-,20-,21-/m0/s1. The zero-order valence-electron chi connectivity index (χ0n) is 15.6. The van der Waals surface area contributed by atoms with Crippen LogP contribution in [0.3, 0.4) is 0 Å². The summed E-state index contributed by atoms with van der Waals surface area (Å²) in [6, 6.07) is 6.76. The fourth-order valence-electron chi connectivity index (χ4n) is 6.26. The lowest BCUT2D eigenvalue weighted by Crippen LogP contribution is -2.50. The zero-order valence-corrected chi connectivity index (χ0v) is 16.3. The SMILES string of the molecule is CCCC[C@]1(OC(=O)c2cccc(Cl)c2)O[C@]2(C)O[C@@H]3[C@@H](O)[C@H]4C[C@@H]3[C@@H]2[C@H]41. The van der Waals surface area contributed by atoms with E-state index in [2.05, 4.69) is 6.92 Å². The molecule has 2 heterocycles. The monoisotopic (exact) mass is 392 g/mol. The third kappa shape index (κ3) is 2.38. The zero-order chi connectivity index (χ0) is 19.0. The van der Waals surface area contributed by atoms with Gasteiger partial charge >= 0.3 is 5.97 Å². The van der Waals surface area contributed by atoms with E-state index in [0.29, 0.717) is 17.0 Å². The Labute approximate surface area is 163 Å². The normalized spacial score (nSPS) is 46.2. The van der Waals surface area contributed by atoms with Gasteiger partial charge in [-0.15, -0.1) is 0 Å². The van der Waals surface area contributed by atoms with Crippen molar-refractivity contribution in [1.29, 1.82) is 0 Å². The summed E-state index contributed by atoms with van der Waals surface area (Å²) < 4.78 is 18.8. The highest BCUT2D eigenvalue weighted by molar-refractivity contribution is 6.30. The molecule has 1 aromatic rings. The maximum Gasteiger partial charge on any atom is 0.340 e. The Bertz CT molecular complexity index is 784. The number of carbonyl (C=O) groups is 1. The highest BCUT2D eigenvalue weighted by atomic mass is 35.5. The minimum absolute atomic E-state index is 0.0315. The number of carbonyl (C=O) groups excluding carboxylic acids is 1. The van der Waals surface area contributed by atoms with Crippen molar-refractivity contribution in [3.63, 3.8) is 0 Å². The predicted octanol–water partition coefficient (Wildman–Crippen LogP) is 3.77. The lowest BCUT2D eigenvalue weighted by molar-refractivity contribution is -0.324. The van der Waals surface area contributed by atoms with Crippen LogP contribution in [0.15, 0.2) is 24.3 Å². The van der Waals surface area contributed by atoms with Crippen LogP contribution in [0.1, 0.15) is 49.9 Å². The molecule has 0 spiro atoms. The fourth-order valence-corrected chi connectivity index (χ4v) is 6.45. The molecule has 4 aliphatic rings. The van der Waals surface area contributed by atoms with Crippen molar-refractivity contribution in [3.8, 4) is 0 Å². The van der Waals surface area contributed by atoms with Gasteiger partial charge in [-0.2, -0.15) is 0 Å². The molecular formula is C21H25ClO5. The van der Waals surface area contributed by atoms with Gasteiger partial charge in [0, 0.05) is 23.3 Å². The van der Waals surface area contributed by atoms with Crippen molar-refractivity contribution < 1.29 is 24.1 Å². The highest BCUT2D eigenvalue weighted by Crippen LogP contribution is 2.71. The van der Waals surface area contributed by atoms with Crippen molar-refractivity contribution in [2.24, 2.45) is 23.7 Å². The molecule has 6 heteroatoms. The van der Waals surface area contributed by atoms with Crippen molar-refractivity contribution in [1.82, 2.24) is 0 Å². The summed E-state index contributed by atoms with van der Waals surface area (Å²) in [5.74, 6) is -1.82. The summed E-state index contributed by atoms with van der Waals surface area (Å²) in [4.78, 5) is 13.0. The number of aliphatic hydroxyl groups is 1. The first-order valence-electron chi connectivity index (χ1n) is 9.93. The molecule has 2 saturated carbocycles. The van der Waals surface area contributed by atoms with Crippen LogP contribution in [0.25, 0.3) is 0 Å². The topological polar surface area (TPSA) is 65.0 Å².